The van der Waals surface area contributed by atoms with E-state index < -0.39 is 0 Å². The highest BCUT2D eigenvalue weighted by molar-refractivity contribution is 7.17. The summed E-state index contributed by atoms with van der Waals surface area (Å²) in [6.45, 7) is 2.09. The molecule has 0 radical (unpaired) electrons. The summed E-state index contributed by atoms with van der Waals surface area (Å²) in [7, 11) is 4.44. The summed E-state index contributed by atoms with van der Waals surface area (Å²) in [4.78, 5) is 0. The van der Waals surface area contributed by atoms with E-state index in [0.717, 1.165) is 11.3 Å². The lowest BCUT2D eigenvalue weighted by Crippen LogP contribution is -2.12. The number of nitrogens with two attached hydrogens (primary N) is 1. The minimum absolute atomic E-state index is 0.0613. The molecule has 0 fully saturated rings. The molecule has 3 atom stereocenters. The minimum Gasteiger partial charge on any atom is -0.398 e. The number of ether oxygens (including phenoxy) is 1. The Balaban J connectivity index is 2.97. The Morgan fingerprint density at radius 2 is 2.00 bits per heavy atom. The molecule has 0 bridgehead atoms. The predicted octanol–water partition coefficient (Wildman–Crippen LogP) is 2.22. The summed E-state index contributed by atoms with van der Waals surface area (Å²) in [5.74, 6) is 0. The van der Waals surface area contributed by atoms with Crippen molar-refractivity contribution >= 4 is 14.9 Å². The van der Waals surface area contributed by atoms with Gasteiger partial charge in [0.15, 0.2) is 0 Å². The first kappa shape index (κ1) is 10.5. The molecular formula is C10H16NOP. The molecule has 0 saturated heterocycles. The second-order valence-electron chi connectivity index (χ2n) is 3.14. The van der Waals surface area contributed by atoms with Crippen molar-refractivity contribution in [2.24, 2.45) is 0 Å². The van der Waals surface area contributed by atoms with Crippen LogP contribution in [0.5, 0.6) is 0 Å². The average Bonchev–Trinajstić information content (AvgIpc) is 2.09. The molecule has 0 spiro atoms. The van der Waals surface area contributed by atoms with Crippen molar-refractivity contribution in [2.45, 2.75) is 18.7 Å². The highest BCUT2D eigenvalue weighted by Gasteiger charge is 2.16. The Bertz CT molecular complexity index is 275. The SMILES string of the molecule is CO[C@@H](c1ccccc1N)[C@H](C)P. The molecule has 1 aromatic carbocycles. The lowest BCUT2D eigenvalue weighted by Gasteiger charge is -2.20. The van der Waals surface area contributed by atoms with Crippen LogP contribution in [0.2, 0.25) is 0 Å². The molecule has 1 rings (SSSR count). The molecule has 0 aliphatic carbocycles. The number of para-hydroxylation sites is 1. The summed E-state index contributed by atoms with van der Waals surface area (Å²) < 4.78 is 5.38. The van der Waals surface area contributed by atoms with E-state index in [2.05, 4.69) is 16.2 Å². The molecule has 3 heteroatoms. The normalized spacial score (nSPS) is 15.3. The molecule has 72 valence electrons. The van der Waals surface area contributed by atoms with Gasteiger partial charge in [0, 0.05) is 24.0 Å². The average molecular weight is 197 g/mol. The van der Waals surface area contributed by atoms with Crippen LogP contribution in [0.3, 0.4) is 0 Å². The van der Waals surface area contributed by atoms with Crippen molar-refractivity contribution in [1.82, 2.24) is 0 Å². The van der Waals surface area contributed by atoms with Gasteiger partial charge in [-0.3, -0.25) is 0 Å². The van der Waals surface area contributed by atoms with Crippen LogP contribution in [0.4, 0.5) is 5.69 Å². The molecular weight excluding hydrogens is 181 g/mol. The topological polar surface area (TPSA) is 35.2 Å². The highest BCUT2D eigenvalue weighted by Crippen LogP contribution is 2.29. The maximum absolute atomic E-state index is 5.85. The molecule has 0 aromatic heterocycles. The van der Waals surface area contributed by atoms with Crippen LogP contribution in [0.15, 0.2) is 24.3 Å². The van der Waals surface area contributed by atoms with Crippen LogP contribution in [-0.4, -0.2) is 12.8 Å². The molecule has 0 heterocycles. The highest BCUT2D eigenvalue weighted by atomic mass is 31.0. The smallest absolute Gasteiger partial charge is 0.0900 e. The second-order valence-corrected chi connectivity index (χ2v) is 4.20. The Kier molecular flexibility index (Phi) is 3.71. The number of benzene rings is 1. The van der Waals surface area contributed by atoms with Gasteiger partial charge in [0.2, 0.25) is 0 Å². The van der Waals surface area contributed by atoms with E-state index in [1.165, 1.54) is 0 Å². The van der Waals surface area contributed by atoms with Crippen molar-refractivity contribution in [3.8, 4) is 0 Å². The standard InChI is InChI=1S/C10H16NOP/c1-7(13)10(12-2)8-5-3-4-6-9(8)11/h3-7,10H,11,13H2,1-2H3/t7-,10+/m0/s1. The molecule has 0 aliphatic heterocycles. The number of hydrogen-bond acceptors (Lipinski definition) is 2. The summed E-state index contributed by atoms with van der Waals surface area (Å²) in [6.07, 6.45) is 0.0613. The predicted molar refractivity (Wildman–Crippen MR) is 59.8 cm³/mol. The van der Waals surface area contributed by atoms with Gasteiger partial charge in [-0.15, -0.1) is 9.24 Å². The van der Waals surface area contributed by atoms with Gasteiger partial charge in [-0.1, -0.05) is 25.1 Å². The van der Waals surface area contributed by atoms with Gasteiger partial charge in [-0.25, -0.2) is 0 Å². The van der Waals surface area contributed by atoms with Crippen molar-refractivity contribution in [3.63, 3.8) is 0 Å². The lowest BCUT2D eigenvalue weighted by molar-refractivity contribution is 0.105. The number of hydrogen-bond donors (Lipinski definition) is 1. The molecule has 0 amide bonds. The van der Waals surface area contributed by atoms with Crippen molar-refractivity contribution in [1.29, 1.82) is 0 Å². The zero-order chi connectivity index (χ0) is 9.84. The summed E-state index contributed by atoms with van der Waals surface area (Å²) in [5, 5.41) is 0. The summed E-state index contributed by atoms with van der Waals surface area (Å²) in [5.41, 5.74) is 8.06. The monoisotopic (exact) mass is 197 g/mol. The molecule has 1 unspecified atom stereocenters. The van der Waals surface area contributed by atoms with Gasteiger partial charge in [0.25, 0.3) is 0 Å². The van der Waals surface area contributed by atoms with Gasteiger partial charge < -0.3 is 10.5 Å². The first-order valence-electron chi connectivity index (χ1n) is 4.29. The van der Waals surface area contributed by atoms with Gasteiger partial charge in [-0.05, 0) is 6.07 Å². The Hall–Kier alpha value is -0.590. The van der Waals surface area contributed by atoms with Crippen LogP contribution in [0.1, 0.15) is 18.6 Å². The molecule has 2 nitrogen and oxygen atoms in total. The fourth-order valence-corrected chi connectivity index (χ4v) is 1.76. The largest absolute Gasteiger partial charge is 0.398 e. The van der Waals surface area contributed by atoms with E-state index in [1.54, 1.807) is 7.11 Å². The maximum atomic E-state index is 5.85. The zero-order valence-corrected chi connectivity index (χ0v) is 9.18. The van der Waals surface area contributed by atoms with E-state index in [1.807, 2.05) is 24.3 Å². The molecule has 2 N–H and O–H groups in total. The number of methoxy groups -OCH3 is 1. The molecule has 13 heavy (non-hydrogen) atoms. The third kappa shape index (κ3) is 2.43. The fraction of sp³-hybridized carbons (Fsp3) is 0.400. The zero-order valence-electron chi connectivity index (χ0n) is 8.03. The second kappa shape index (κ2) is 4.59. The summed E-state index contributed by atoms with van der Waals surface area (Å²) >= 11 is 0. The van der Waals surface area contributed by atoms with E-state index in [0.29, 0.717) is 5.66 Å². The van der Waals surface area contributed by atoms with Crippen molar-refractivity contribution in [2.75, 3.05) is 12.8 Å². The van der Waals surface area contributed by atoms with E-state index in [4.69, 9.17) is 10.5 Å². The lowest BCUT2D eigenvalue weighted by atomic mass is 10.1. The molecule has 0 saturated carbocycles. The Labute approximate surface area is 81.7 Å². The maximum Gasteiger partial charge on any atom is 0.0900 e. The Morgan fingerprint density at radius 3 is 2.46 bits per heavy atom. The van der Waals surface area contributed by atoms with Crippen LogP contribution in [0.25, 0.3) is 0 Å². The first-order chi connectivity index (χ1) is 6.16. The van der Waals surface area contributed by atoms with Gasteiger partial charge >= 0.3 is 0 Å². The van der Waals surface area contributed by atoms with Crippen LogP contribution >= 0.6 is 9.24 Å². The van der Waals surface area contributed by atoms with E-state index in [-0.39, 0.29) is 6.10 Å². The van der Waals surface area contributed by atoms with Crippen molar-refractivity contribution < 1.29 is 4.74 Å². The van der Waals surface area contributed by atoms with Crippen molar-refractivity contribution in [3.05, 3.63) is 29.8 Å². The molecule has 1 aromatic rings. The third-order valence-corrected chi connectivity index (χ3v) is 2.38. The van der Waals surface area contributed by atoms with Crippen LogP contribution in [0, 0.1) is 0 Å². The van der Waals surface area contributed by atoms with Crippen LogP contribution in [-0.2, 0) is 4.74 Å². The summed E-state index contributed by atoms with van der Waals surface area (Å²) in [6, 6.07) is 7.81. The van der Waals surface area contributed by atoms with Gasteiger partial charge in [-0.2, -0.15) is 0 Å². The van der Waals surface area contributed by atoms with Crippen LogP contribution < -0.4 is 5.73 Å². The third-order valence-electron chi connectivity index (χ3n) is 2.03. The fourth-order valence-electron chi connectivity index (χ4n) is 1.39. The number of rotatable bonds is 3. The van der Waals surface area contributed by atoms with Gasteiger partial charge in [0.1, 0.15) is 0 Å². The number of anilines is 1. The molecule has 0 aliphatic rings. The van der Waals surface area contributed by atoms with Gasteiger partial charge in [0.05, 0.1) is 6.10 Å². The minimum atomic E-state index is 0.0613. The first-order valence-corrected chi connectivity index (χ1v) is 4.96. The van der Waals surface area contributed by atoms with E-state index in [9.17, 15) is 0 Å². The van der Waals surface area contributed by atoms with E-state index >= 15 is 0 Å². The Morgan fingerprint density at radius 1 is 1.38 bits per heavy atom. The quantitative estimate of drug-likeness (QED) is 0.595. The number of nitrogen functional groups attached to an aromatic ring is 1.